The highest BCUT2D eigenvalue weighted by molar-refractivity contribution is 5.02. The first-order chi connectivity index (χ1) is 8.54. The highest BCUT2D eigenvalue weighted by atomic mass is 16.5. The van der Waals surface area contributed by atoms with E-state index in [1.165, 1.54) is 32.1 Å². The number of hydrogen-bond donors (Lipinski definition) is 1. The summed E-state index contributed by atoms with van der Waals surface area (Å²) in [5, 5.41) is 3.57. The normalized spacial score (nSPS) is 39.3. The fourth-order valence-electron chi connectivity index (χ4n) is 3.72. The van der Waals surface area contributed by atoms with Crippen molar-refractivity contribution in [2.24, 2.45) is 17.3 Å². The summed E-state index contributed by atoms with van der Waals surface area (Å²) in [6.45, 7) is 11.3. The maximum atomic E-state index is 6.22. The minimum Gasteiger partial charge on any atom is -0.377 e. The fourth-order valence-corrected chi connectivity index (χ4v) is 3.72. The molecule has 0 heterocycles. The average Bonchev–Trinajstić information content (AvgIpc) is 2.33. The molecule has 0 bridgehead atoms. The smallest absolute Gasteiger partial charge is 0.0656 e. The van der Waals surface area contributed by atoms with Gasteiger partial charge in [0.05, 0.1) is 6.10 Å². The zero-order chi connectivity index (χ0) is 13.2. The highest BCUT2D eigenvalue weighted by Gasteiger charge is 2.48. The van der Waals surface area contributed by atoms with Crippen LogP contribution < -0.4 is 5.32 Å². The molecule has 0 radical (unpaired) electrons. The molecule has 4 unspecified atom stereocenters. The van der Waals surface area contributed by atoms with Gasteiger partial charge in [0.2, 0.25) is 0 Å². The maximum absolute atomic E-state index is 6.22. The van der Waals surface area contributed by atoms with Crippen LogP contribution in [0.4, 0.5) is 0 Å². The van der Waals surface area contributed by atoms with Crippen molar-refractivity contribution in [1.82, 2.24) is 5.32 Å². The van der Waals surface area contributed by atoms with Gasteiger partial charge in [0.1, 0.15) is 0 Å². The van der Waals surface area contributed by atoms with E-state index in [2.05, 4.69) is 33.0 Å². The Kier molecular flexibility index (Phi) is 4.71. The van der Waals surface area contributed by atoms with Gasteiger partial charge in [0.25, 0.3) is 0 Å². The van der Waals surface area contributed by atoms with Crippen molar-refractivity contribution >= 4 is 0 Å². The topological polar surface area (TPSA) is 21.3 Å². The van der Waals surface area contributed by atoms with Crippen molar-refractivity contribution in [2.45, 2.75) is 71.9 Å². The molecule has 0 spiro atoms. The van der Waals surface area contributed by atoms with Crippen LogP contribution in [-0.2, 0) is 4.74 Å². The van der Waals surface area contributed by atoms with E-state index in [4.69, 9.17) is 4.74 Å². The summed E-state index contributed by atoms with van der Waals surface area (Å²) in [5.74, 6) is 1.74. The molecule has 2 aliphatic carbocycles. The van der Waals surface area contributed by atoms with Gasteiger partial charge in [-0.1, -0.05) is 40.5 Å². The van der Waals surface area contributed by atoms with Gasteiger partial charge in [0, 0.05) is 18.1 Å². The molecule has 0 aliphatic heterocycles. The van der Waals surface area contributed by atoms with Crippen LogP contribution in [0, 0.1) is 17.3 Å². The van der Waals surface area contributed by atoms with Crippen molar-refractivity contribution in [3.63, 3.8) is 0 Å². The van der Waals surface area contributed by atoms with Crippen LogP contribution in [0.15, 0.2) is 0 Å². The molecule has 2 saturated carbocycles. The lowest BCUT2D eigenvalue weighted by atomic mass is 9.64. The molecule has 2 heteroatoms. The molecule has 2 fully saturated rings. The lowest BCUT2D eigenvalue weighted by molar-refractivity contribution is -0.128. The van der Waals surface area contributed by atoms with Gasteiger partial charge >= 0.3 is 0 Å². The van der Waals surface area contributed by atoms with E-state index in [0.717, 1.165) is 25.0 Å². The Bertz CT molecular complexity index is 264. The molecule has 0 aromatic carbocycles. The Hall–Kier alpha value is -0.0800. The Balaban J connectivity index is 1.71. The van der Waals surface area contributed by atoms with Crippen LogP contribution in [0.1, 0.15) is 59.8 Å². The third-order valence-corrected chi connectivity index (χ3v) is 5.21. The fraction of sp³-hybridized carbons (Fsp3) is 1.00. The molecule has 0 amide bonds. The molecule has 0 saturated heterocycles. The zero-order valence-electron chi connectivity index (χ0n) is 12.7. The third kappa shape index (κ3) is 3.08. The molecular formula is C16H31NO. The van der Waals surface area contributed by atoms with Gasteiger partial charge in [-0.2, -0.15) is 0 Å². The third-order valence-electron chi connectivity index (χ3n) is 5.21. The number of hydrogen-bond acceptors (Lipinski definition) is 2. The minimum atomic E-state index is 0.316. The molecule has 4 atom stereocenters. The average molecular weight is 253 g/mol. The van der Waals surface area contributed by atoms with Crippen LogP contribution in [0.3, 0.4) is 0 Å². The van der Waals surface area contributed by atoms with E-state index < -0.39 is 0 Å². The van der Waals surface area contributed by atoms with Gasteiger partial charge in [-0.25, -0.2) is 0 Å². The van der Waals surface area contributed by atoms with Crippen LogP contribution in [0.25, 0.3) is 0 Å². The number of nitrogens with one attached hydrogen (secondary N) is 1. The second-order valence-corrected chi connectivity index (χ2v) is 7.13. The molecule has 18 heavy (non-hydrogen) atoms. The summed E-state index contributed by atoms with van der Waals surface area (Å²) in [6, 6.07) is 0.651. The van der Waals surface area contributed by atoms with Gasteiger partial charge in [-0.3, -0.25) is 0 Å². The van der Waals surface area contributed by atoms with Crippen LogP contribution >= 0.6 is 0 Å². The Morgan fingerprint density at radius 2 is 2.00 bits per heavy atom. The molecule has 2 nitrogen and oxygen atoms in total. The Morgan fingerprint density at radius 1 is 1.22 bits per heavy atom. The van der Waals surface area contributed by atoms with Crippen LogP contribution in [-0.4, -0.2) is 25.3 Å². The van der Waals surface area contributed by atoms with Crippen LogP contribution in [0.2, 0.25) is 0 Å². The Labute approximate surface area is 113 Å². The predicted molar refractivity (Wildman–Crippen MR) is 76.7 cm³/mol. The van der Waals surface area contributed by atoms with Crippen molar-refractivity contribution in [3.05, 3.63) is 0 Å². The van der Waals surface area contributed by atoms with E-state index in [1.807, 2.05) is 0 Å². The van der Waals surface area contributed by atoms with Crippen LogP contribution in [0.5, 0.6) is 0 Å². The maximum Gasteiger partial charge on any atom is 0.0656 e. The highest BCUT2D eigenvalue weighted by Crippen LogP contribution is 2.43. The monoisotopic (exact) mass is 253 g/mol. The first-order valence-electron chi connectivity index (χ1n) is 7.89. The predicted octanol–water partition coefficient (Wildman–Crippen LogP) is 3.61. The van der Waals surface area contributed by atoms with Crippen molar-refractivity contribution in [1.29, 1.82) is 0 Å². The first-order valence-corrected chi connectivity index (χ1v) is 7.89. The number of ether oxygens (including phenoxy) is 1. The summed E-state index contributed by atoms with van der Waals surface area (Å²) in [4.78, 5) is 0. The van der Waals surface area contributed by atoms with Crippen molar-refractivity contribution in [3.8, 4) is 0 Å². The van der Waals surface area contributed by atoms with E-state index in [0.29, 0.717) is 17.6 Å². The summed E-state index contributed by atoms with van der Waals surface area (Å²) in [5.41, 5.74) is 0.316. The quantitative estimate of drug-likeness (QED) is 0.808. The van der Waals surface area contributed by atoms with Gasteiger partial charge in [-0.15, -0.1) is 0 Å². The number of rotatable bonds is 5. The summed E-state index contributed by atoms with van der Waals surface area (Å²) < 4.78 is 6.22. The summed E-state index contributed by atoms with van der Waals surface area (Å²) in [7, 11) is 0. The van der Waals surface area contributed by atoms with Gasteiger partial charge in [-0.05, 0) is 37.6 Å². The van der Waals surface area contributed by atoms with Crippen molar-refractivity contribution in [2.75, 3.05) is 13.2 Å². The standard InChI is InChI=1S/C16H31NO/c1-5-17-14-10-15(16(14,3)4)18-11-13-8-6-7-12(2)9-13/h12-15,17H,5-11H2,1-4H3. The molecule has 106 valence electrons. The summed E-state index contributed by atoms with van der Waals surface area (Å²) >= 11 is 0. The van der Waals surface area contributed by atoms with Gasteiger partial charge in [0.15, 0.2) is 0 Å². The van der Waals surface area contributed by atoms with Gasteiger partial charge < -0.3 is 10.1 Å². The largest absolute Gasteiger partial charge is 0.377 e. The lowest BCUT2D eigenvalue weighted by Crippen LogP contribution is -2.61. The first kappa shape index (κ1) is 14.3. The van der Waals surface area contributed by atoms with Crippen molar-refractivity contribution < 1.29 is 4.74 Å². The second-order valence-electron chi connectivity index (χ2n) is 7.13. The SMILES string of the molecule is CCNC1CC(OCC2CCCC(C)C2)C1(C)C. The second kappa shape index (κ2) is 5.92. The zero-order valence-corrected chi connectivity index (χ0v) is 12.7. The van der Waals surface area contributed by atoms with E-state index in [9.17, 15) is 0 Å². The van der Waals surface area contributed by atoms with E-state index in [1.54, 1.807) is 0 Å². The molecular weight excluding hydrogens is 222 g/mol. The molecule has 2 aliphatic rings. The minimum absolute atomic E-state index is 0.316. The molecule has 0 aromatic heterocycles. The lowest BCUT2D eigenvalue weighted by Gasteiger charge is -2.52. The molecule has 2 rings (SSSR count). The molecule has 0 aromatic rings. The van der Waals surface area contributed by atoms with E-state index in [-0.39, 0.29) is 0 Å². The summed E-state index contributed by atoms with van der Waals surface area (Å²) in [6.07, 6.45) is 7.26. The Morgan fingerprint density at radius 3 is 2.61 bits per heavy atom. The van der Waals surface area contributed by atoms with E-state index >= 15 is 0 Å². The molecule has 1 N–H and O–H groups in total.